The molecule has 158 valence electrons. The van der Waals surface area contributed by atoms with Crippen molar-refractivity contribution in [3.8, 4) is 0 Å². The Hall–Kier alpha value is -2.72. The second kappa shape index (κ2) is 8.34. The molecule has 0 bridgehead atoms. The Morgan fingerprint density at radius 1 is 1.07 bits per heavy atom. The minimum absolute atomic E-state index is 0.0446. The number of nitrogens with one attached hydrogen (secondary N) is 3. The van der Waals surface area contributed by atoms with Crippen LogP contribution in [0.1, 0.15) is 55.1 Å². The van der Waals surface area contributed by atoms with Gasteiger partial charge in [0, 0.05) is 5.56 Å². The third-order valence-corrected chi connectivity index (χ3v) is 6.06. The van der Waals surface area contributed by atoms with E-state index in [1.165, 1.54) is 20.8 Å². The maximum atomic E-state index is 12.4. The summed E-state index contributed by atoms with van der Waals surface area (Å²) in [7, 11) is -4.01. The zero-order valence-corrected chi connectivity index (χ0v) is 18.1. The zero-order valence-electron chi connectivity index (χ0n) is 17.3. The van der Waals surface area contributed by atoms with Crippen LogP contribution in [0.2, 0.25) is 0 Å². The normalized spacial score (nSPS) is 13.0. The Morgan fingerprint density at radius 2 is 1.66 bits per heavy atom. The van der Waals surface area contributed by atoms with Gasteiger partial charge < -0.3 is 4.52 Å². The zero-order chi connectivity index (χ0) is 22.0. The van der Waals surface area contributed by atoms with Crippen LogP contribution < -0.4 is 15.6 Å². The molecule has 0 spiro atoms. The fraction of sp³-hybridized carbons (Fsp3) is 0.421. The van der Waals surface area contributed by atoms with Crippen molar-refractivity contribution >= 4 is 21.8 Å². The smallest absolute Gasteiger partial charge is 0.269 e. The van der Waals surface area contributed by atoms with E-state index >= 15 is 0 Å². The van der Waals surface area contributed by atoms with Crippen molar-refractivity contribution in [3.63, 3.8) is 0 Å². The van der Waals surface area contributed by atoms with Crippen LogP contribution in [0.15, 0.2) is 33.7 Å². The van der Waals surface area contributed by atoms with E-state index in [0.717, 1.165) is 5.56 Å². The van der Waals surface area contributed by atoms with Crippen molar-refractivity contribution < 1.29 is 22.5 Å². The summed E-state index contributed by atoms with van der Waals surface area (Å²) >= 11 is 0. The van der Waals surface area contributed by atoms with E-state index in [4.69, 9.17) is 4.52 Å². The molecule has 9 nitrogen and oxygen atoms in total. The first-order valence-electron chi connectivity index (χ1n) is 8.99. The van der Waals surface area contributed by atoms with Crippen molar-refractivity contribution in [2.75, 3.05) is 0 Å². The second-order valence-corrected chi connectivity index (χ2v) is 9.42. The summed E-state index contributed by atoms with van der Waals surface area (Å²) in [5.74, 6) is -1.12. The Balaban J connectivity index is 1.97. The molecule has 2 rings (SSSR count). The Labute approximate surface area is 170 Å². The van der Waals surface area contributed by atoms with Crippen LogP contribution in [0.3, 0.4) is 0 Å². The predicted octanol–water partition coefficient (Wildman–Crippen LogP) is 1.72. The van der Waals surface area contributed by atoms with Crippen molar-refractivity contribution in [1.82, 2.24) is 20.7 Å². The molecule has 2 amide bonds. The molecule has 10 heteroatoms. The number of hydrogen-bond donors (Lipinski definition) is 3. The molecule has 1 heterocycles. The minimum Gasteiger partial charge on any atom is -0.360 e. The van der Waals surface area contributed by atoms with Gasteiger partial charge in [-0.2, -0.15) is 4.72 Å². The van der Waals surface area contributed by atoms with E-state index < -0.39 is 27.9 Å². The van der Waals surface area contributed by atoms with E-state index in [-0.39, 0.29) is 21.8 Å². The molecule has 0 aliphatic heterocycles. The third kappa shape index (κ3) is 5.42. The molecule has 0 saturated heterocycles. The molecular formula is C19H26N4O5S. The molecule has 0 saturated carbocycles. The van der Waals surface area contributed by atoms with E-state index in [2.05, 4.69) is 41.5 Å². The Morgan fingerprint density at radius 3 is 2.14 bits per heavy atom. The van der Waals surface area contributed by atoms with Crippen LogP contribution in [-0.4, -0.2) is 31.4 Å². The van der Waals surface area contributed by atoms with Gasteiger partial charge in [-0.3, -0.25) is 20.4 Å². The quantitative estimate of drug-likeness (QED) is 0.629. The van der Waals surface area contributed by atoms with E-state index in [1.54, 1.807) is 12.1 Å². The van der Waals surface area contributed by atoms with Gasteiger partial charge in [-0.05, 0) is 43.9 Å². The van der Waals surface area contributed by atoms with Gasteiger partial charge in [0.15, 0.2) is 5.76 Å². The van der Waals surface area contributed by atoms with Gasteiger partial charge in [-0.15, -0.1) is 0 Å². The molecule has 1 aromatic heterocycles. The first-order chi connectivity index (χ1) is 13.3. The highest BCUT2D eigenvalue weighted by atomic mass is 32.2. The number of amides is 2. The molecule has 0 radical (unpaired) electrons. The number of nitrogens with zero attached hydrogens (tertiary/aromatic N) is 1. The van der Waals surface area contributed by atoms with Gasteiger partial charge in [0.2, 0.25) is 10.0 Å². The number of aryl methyl sites for hydroxylation is 2. The summed E-state index contributed by atoms with van der Waals surface area (Å²) < 4.78 is 32.0. The molecule has 0 fully saturated rings. The molecule has 3 N–H and O–H groups in total. The van der Waals surface area contributed by atoms with Crippen LogP contribution in [0.5, 0.6) is 0 Å². The van der Waals surface area contributed by atoms with Gasteiger partial charge >= 0.3 is 0 Å². The van der Waals surface area contributed by atoms with Crippen LogP contribution >= 0.6 is 0 Å². The molecular weight excluding hydrogens is 396 g/mol. The van der Waals surface area contributed by atoms with Crippen LogP contribution in [0.25, 0.3) is 0 Å². The lowest BCUT2D eigenvalue weighted by atomic mass is 9.87. The number of aromatic nitrogens is 1. The molecule has 1 atom stereocenters. The molecule has 2 aromatic rings. The molecule has 1 aromatic carbocycles. The topological polar surface area (TPSA) is 130 Å². The number of benzene rings is 1. The van der Waals surface area contributed by atoms with Gasteiger partial charge in [0.1, 0.15) is 10.6 Å². The lowest BCUT2D eigenvalue weighted by molar-refractivity contribution is -0.123. The standard InChI is InChI=1S/C19H26N4O5S/c1-11-16(13(3)28-22-11)29(26,27)23-12(2)17(24)20-21-18(25)14-7-9-15(10-8-14)19(4,5)6/h7-10,12,23H,1-6H3,(H,20,24)(H,21,25)/t12-/m0/s1. The number of carbonyl (C=O) groups is 2. The van der Waals surface area contributed by atoms with Crippen molar-refractivity contribution in [2.24, 2.45) is 0 Å². The third-order valence-electron chi connectivity index (χ3n) is 4.27. The largest absolute Gasteiger partial charge is 0.360 e. The highest BCUT2D eigenvalue weighted by Gasteiger charge is 2.28. The van der Waals surface area contributed by atoms with Gasteiger partial charge in [-0.1, -0.05) is 38.1 Å². The maximum absolute atomic E-state index is 12.4. The number of rotatable bonds is 5. The molecule has 0 unspecified atom stereocenters. The number of sulfonamides is 1. The first kappa shape index (κ1) is 22.6. The summed E-state index contributed by atoms with van der Waals surface area (Å²) in [6.07, 6.45) is 0. The predicted molar refractivity (Wildman–Crippen MR) is 107 cm³/mol. The highest BCUT2D eigenvalue weighted by Crippen LogP contribution is 2.22. The second-order valence-electron chi connectivity index (χ2n) is 7.77. The lowest BCUT2D eigenvalue weighted by Crippen LogP contribution is -2.51. The molecule has 0 aliphatic carbocycles. The highest BCUT2D eigenvalue weighted by molar-refractivity contribution is 7.89. The summed E-state index contributed by atoms with van der Waals surface area (Å²) in [5.41, 5.74) is 6.07. The van der Waals surface area contributed by atoms with Crippen LogP contribution in [0, 0.1) is 13.8 Å². The molecule has 29 heavy (non-hydrogen) atoms. The van der Waals surface area contributed by atoms with E-state index in [0.29, 0.717) is 5.56 Å². The van der Waals surface area contributed by atoms with Gasteiger partial charge in [-0.25, -0.2) is 8.42 Å². The fourth-order valence-corrected chi connectivity index (χ4v) is 4.16. The summed E-state index contributed by atoms with van der Waals surface area (Å²) in [6.45, 7) is 10.5. The van der Waals surface area contributed by atoms with Crippen molar-refractivity contribution in [3.05, 3.63) is 46.8 Å². The lowest BCUT2D eigenvalue weighted by Gasteiger charge is -2.19. The van der Waals surface area contributed by atoms with Crippen LogP contribution in [-0.2, 0) is 20.2 Å². The monoisotopic (exact) mass is 422 g/mol. The first-order valence-corrected chi connectivity index (χ1v) is 10.5. The average molecular weight is 423 g/mol. The van der Waals surface area contributed by atoms with Crippen molar-refractivity contribution in [2.45, 2.75) is 57.9 Å². The number of hydrazine groups is 1. The number of hydrogen-bond acceptors (Lipinski definition) is 6. The number of carbonyl (C=O) groups excluding carboxylic acids is 2. The minimum atomic E-state index is -4.01. The average Bonchev–Trinajstić information content (AvgIpc) is 2.97. The summed E-state index contributed by atoms with van der Waals surface area (Å²) in [5, 5.41) is 3.60. The summed E-state index contributed by atoms with van der Waals surface area (Å²) in [6, 6.07) is 5.86. The van der Waals surface area contributed by atoms with Crippen LogP contribution in [0.4, 0.5) is 0 Å². The Kier molecular flexibility index (Phi) is 6.49. The molecule has 0 aliphatic rings. The van der Waals surface area contributed by atoms with Gasteiger partial charge in [0.05, 0.1) is 6.04 Å². The van der Waals surface area contributed by atoms with Gasteiger partial charge in [0.25, 0.3) is 11.8 Å². The van der Waals surface area contributed by atoms with E-state index in [9.17, 15) is 18.0 Å². The Bertz CT molecular complexity index is 985. The SMILES string of the molecule is Cc1noc(C)c1S(=O)(=O)N[C@@H](C)C(=O)NNC(=O)c1ccc(C(C)(C)C)cc1. The van der Waals surface area contributed by atoms with Crippen molar-refractivity contribution in [1.29, 1.82) is 0 Å². The maximum Gasteiger partial charge on any atom is 0.269 e. The van der Waals surface area contributed by atoms with E-state index in [1.807, 2.05) is 12.1 Å². The fourth-order valence-electron chi connectivity index (χ4n) is 2.62. The summed E-state index contributed by atoms with van der Waals surface area (Å²) in [4.78, 5) is 24.3.